The molecule has 0 unspecified atom stereocenters. The Balaban J connectivity index is 2.91. The van der Waals surface area contributed by atoms with Gasteiger partial charge in [-0.05, 0) is 24.3 Å². The van der Waals surface area contributed by atoms with E-state index in [1.165, 1.54) is 5.32 Å². The number of alkyl halides is 4. The van der Waals surface area contributed by atoms with Gasteiger partial charge in [0.2, 0.25) is 5.91 Å². The molecule has 0 saturated carbocycles. The van der Waals surface area contributed by atoms with Crippen LogP contribution < -0.4 is 10.6 Å². The molecule has 138 valence electrons. The number of hydrogen-bond acceptors (Lipinski definition) is 5. The summed E-state index contributed by atoms with van der Waals surface area (Å²) in [5.41, 5.74) is -2.43. The summed E-state index contributed by atoms with van der Waals surface area (Å²) < 4.78 is 55.9. The first-order valence-corrected chi connectivity index (χ1v) is 6.80. The third-order valence-corrected chi connectivity index (χ3v) is 3.08. The van der Waals surface area contributed by atoms with Crippen LogP contribution in [-0.4, -0.2) is 55.1 Å². The lowest BCUT2D eigenvalue weighted by Crippen LogP contribution is -2.53. The first-order valence-electron chi connectivity index (χ1n) is 6.80. The lowest BCUT2D eigenvalue weighted by atomic mass is 9.91. The third kappa shape index (κ3) is 6.36. The van der Waals surface area contributed by atoms with Crippen molar-refractivity contribution in [1.82, 2.24) is 10.6 Å². The fourth-order valence-corrected chi connectivity index (χ4v) is 1.81. The topological polar surface area (TPSA) is 102 Å². The van der Waals surface area contributed by atoms with Gasteiger partial charge in [0.15, 0.2) is 11.5 Å². The lowest BCUT2D eigenvalue weighted by molar-refractivity contribution is -0.175. The van der Waals surface area contributed by atoms with Crippen molar-refractivity contribution in [2.45, 2.75) is 24.3 Å². The summed E-state index contributed by atoms with van der Waals surface area (Å²) in [6.07, 6.45) is -3.00. The van der Waals surface area contributed by atoms with Crippen LogP contribution in [0, 0.1) is 0 Å². The number of esters is 1. The lowest BCUT2D eigenvalue weighted by Gasteiger charge is -2.26. The number of ether oxygens (including phenoxy) is 1. The monoisotopic (exact) mass is 366 g/mol. The zero-order valence-electron chi connectivity index (χ0n) is 12.9. The number of ketones is 1. The second kappa shape index (κ2) is 7.90. The number of carbonyl (C=O) groups is 4. The van der Waals surface area contributed by atoms with Gasteiger partial charge in [-0.25, -0.2) is 4.39 Å². The molecule has 0 bridgehead atoms. The number of rotatable bonds is 6. The molecule has 0 fully saturated rings. The summed E-state index contributed by atoms with van der Waals surface area (Å²) in [6.45, 7) is -0.683. The molecular formula is C14H14F4N2O5. The Hall–Kier alpha value is -2.72. The summed E-state index contributed by atoms with van der Waals surface area (Å²) in [7, 11) is 1.02. The second-order valence-corrected chi connectivity index (χ2v) is 5.02. The van der Waals surface area contributed by atoms with E-state index in [1.54, 1.807) is 0 Å². The molecule has 1 rings (SSSR count). The highest BCUT2D eigenvalue weighted by Gasteiger charge is 2.42. The molecule has 11 heteroatoms. The third-order valence-electron chi connectivity index (χ3n) is 3.08. The molecule has 25 heavy (non-hydrogen) atoms. The van der Waals surface area contributed by atoms with E-state index in [0.29, 0.717) is 0 Å². The predicted molar refractivity (Wildman–Crippen MR) is 74.8 cm³/mol. The van der Waals surface area contributed by atoms with Crippen LogP contribution in [0.25, 0.3) is 0 Å². The van der Waals surface area contributed by atoms with E-state index < -0.39 is 54.4 Å². The molecule has 0 aromatic heterocycles. The molecule has 0 heterocycles. The van der Waals surface area contributed by atoms with Gasteiger partial charge in [0.1, 0.15) is 12.6 Å². The number of amides is 2. The second-order valence-electron chi connectivity index (χ2n) is 5.02. The highest BCUT2D eigenvalue weighted by molar-refractivity contribution is 6.00. The molecular weight excluding hydrogens is 352 g/mol. The molecule has 0 aliphatic heterocycles. The minimum Gasteiger partial charge on any atom is -0.468 e. The summed E-state index contributed by atoms with van der Waals surface area (Å²) in [4.78, 5) is 44.9. The van der Waals surface area contributed by atoms with Crippen molar-refractivity contribution in [2.75, 3.05) is 13.7 Å². The maximum absolute atomic E-state index is 14.5. The smallest absolute Gasteiger partial charge is 0.468 e. The number of nitrogens with one attached hydrogen (secondary N) is 2. The largest absolute Gasteiger partial charge is 0.471 e. The zero-order chi connectivity index (χ0) is 19.3. The van der Waals surface area contributed by atoms with Gasteiger partial charge in [-0.1, -0.05) is 0 Å². The molecule has 7 nitrogen and oxygen atoms in total. The van der Waals surface area contributed by atoms with Gasteiger partial charge in [-0.15, -0.1) is 0 Å². The van der Waals surface area contributed by atoms with Crippen LogP contribution in [0.15, 0.2) is 24.3 Å². The Kier molecular flexibility index (Phi) is 6.42. The molecule has 0 aromatic carbocycles. The average molecular weight is 366 g/mol. The molecule has 0 aromatic rings. The quantitative estimate of drug-likeness (QED) is 0.514. The predicted octanol–water partition coefficient (Wildman–Crippen LogP) is 0.116. The van der Waals surface area contributed by atoms with E-state index in [-0.39, 0.29) is 0 Å². The van der Waals surface area contributed by atoms with Crippen LogP contribution in [0.3, 0.4) is 0 Å². The fourth-order valence-electron chi connectivity index (χ4n) is 1.81. The van der Waals surface area contributed by atoms with E-state index in [4.69, 9.17) is 0 Å². The number of allylic oxidation sites excluding steroid dienone is 4. The minimum absolute atomic E-state index is 0.542. The standard InChI is InChI=1S/C14H14F4N2O5/c1-25-10(22)7-19-11(23)9(20-12(24)14(16,17)18)6-13(15)4-2-8(21)3-5-13/h2-5,9H,6-7H2,1H3,(H,19,23)(H,20,24)/t9-/m0/s1. The van der Waals surface area contributed by atoms with Gasteiger partial charge in [-0.2, -0.15) is 13.2 Å². The molecule has 0 radical (unpaired) electrons. The van der Waals surface area contributed by atoms with E-state index in [2.05, 4.69) is 4.74 Å². The summed E-state index contributed by atoms with van der Waals surface area (Å²) in [5.74, 6) is -5.11. The fraction of sp³-hybridized carbons (Fsp3) is 0.429. The van der Waals surface area contributed by atoms with Crippen molar-refractivity contribution < 1.29 is 41.5 Å². The van der Waals surface area contributed by atoms with Crippen LogP contribution in [0.5, 0.6) is 0 Å². The van der Waals surface area contributed by atoms with Gasteiger partial charge in [0.05, 0.1) is 7.11 Å². The van der Waals surface area contributed by atoms with Gasteiger partial charge in [0, 0.05) is 6.42 Å². The SMILES string of the molecule is COC(=O)CNC(=O)[C@H](CC1(F)C=CC(=O)C=C1)NC(=O)C(F)(F)F. The maximum atomic E-state index is 14.5. The average Bonchev–Trinajstić information content (AvgIpc) is 2.53. The summed E-state index contributed by atoms with van der Waals surface area (Å²) in [5, 5.41) is 3.29. The van der Waals surface area contributed by atoms with E-state index >= 15 is 0 Å². The molecule has 1 aliphatic rings. The van der Waals surface area contributed by atoms with E-state index in [1.807, 2.05) is 5.32 Å². The van der Waals surface area contributed by atoms with Crippen molar-refractivity contribution >= 4 is 23.6 Å². The van der Waals surface area contributed by atoms with Crippen molar-refractivity contribution in [3.8, 4) is 0 Å². The highest BCUT2D eigenvalue weighted by Crippen LogP contribution is 2.26. The van der Waals surface area contributed by atoms with Crippen LogP contribution >= 0.6 is 0 Å². The molecule has 1 atom stereocenters. The first kappa shape index (κ1) is 20.3. The van der Waals surface area contributed by atoms with Crippen LogP contribution in [0.2, 0.25) is 0 Å². The number of carbonyl (C=O) groups excluding carboxylic acids is 4. The summed E-state index contributed by atoms with van der Waals surface area (Å²) in [6, 6.07) is -1.95. The zero-order valence-corrected chi connectivity index (χ0v) is 12.9. The number of methoxy groups -OCH3 is 1. The van der Waals surface area contributed by atoms with Crippen molar-refractivity contribution in [1.29, 1.82) is 0 Å². The van der Waals surface area contributed by atoms with Crippen LogP contribution in [0.4, 0.5) is 17.6 Å². The summed E-state index contributed by atoms with van der Waals surface area (Å²) >= 11 is 0. The maximum Gasteiger partial charge on any atom is 0.471 e. The van der Waals surface area contributed by atoms with Crippen molar-refractivity contribution in [3.05, 3.63) is 24.3 Å². The van der Waals surface area contributed by atoms with Gasteiger partial charge in [0.25, 0.3) is 0 Å². The molecule has 0 spiro atoms. The Morgan fingerprint density at radius 1 is 1.24 bits per heavy atom. The Bertz CT molecular complexity index is 611. The van der Waals surface area contributed by atoms with Crippen LogP contribution in [0.1, 0.15) is 6.42 Å². The van der Waals surface area contributed by atoms with Crippen LogP contribution in [-0.2, 0) is 23.9 Å². The van der Waals surface area contributed by atoms with Crippen molar-refractivity contribution in [2.24, 2.45) is 0 Å². The van der Waals surface area contributed by atoms with Gasteiger partial charge < -0.3 is 15.4 Å². The Labute approximate surface area is 139 Å². The van der Waals surface area contributed by atoms with Gasteiger partial charge in [-0.3, -0.25) is 19.2 Å². The van der Waals surface area contributed by atoms with E-state index in [0.717, 1.165) is 31.4 Å². The van der Waals surface area contributed by atoms with Crippen molar-refractivity contribution in [3.63, 3.8) is 0 Å². The molecule has 2 N–H and O–H groups in total. The highest BCUT2D eigenvalue weighted by atomic mass is 19.4. The number of halogens is 4. The molecule has 2 amide bonds. The molecule has 0 saturated heterocycles. The van der Waals surface area contributed by atoms with Gasteiger partial charge >= 0.3 is 18.1 Å². The first-order chi connectivity index (χ1) is 11.5. The normalized spacial score (nSPS) is 16.9. The van der Waals surface area contributed by atoms with E-state index in [9.17, 15) is 36.7 Å². The Morgan fingerprint density at radius 3 is 2.28 bits per heavy atom. The minimum atomic E-state index is -5.29. The Morgan fingerprint density at radius 2 is 1.80 bits per heavy atom. The number of hydrogen-bond donors (Lipinski definition) is 2. The molecule has 1 aliphatic carbocycles.